The van der Waals surface area contributed by atoms with Gasteiger partial charge in [-0.1, -0.05) is 36.4 Å². The number of amides is 1. The Morgan fingerprint density at radius 2 is 1.65 bits per heavy atom. The monoisotopic (exact) mass is 438 g/mol. The van der Waals surface area contributed by atoms with Gasteiger partial charge in [0.05, 0.1) is 23.7 Å². The molecule has 0 aromatic heterocycles. The highest BCUT2D eigenvalue weighted by Crippen LogP contribution is 2.27. The van der Waals surface area contributed by atoms with Crippen LogP contribution in [0.15, 0.2) is 77.7 Å². The van der Waals surface area contributed by atoms with Crippen LogP contribution in [0.25, 0.3) is 0 Å². The molecule has 3 rings (SSSR count). The predicted molar refractivity (Wildman–Crippen MR) is 122 cm³/mol. The van der Waals surface area contributed by atoms with E-state index in [0.29, 0.717) is 11.3 Å². The van der Waals surface area contributed by atoms with Crippen molar-refractivity contribution < 1.29 is 17.9 Å². The maximum atomic E-state index is 13.0. The van der Waals surface area contributed by atoms with Gasteiger partial charge in [-0.25, -0.2) is 8.42 Å². The van der Waals surface area contributed by atoms with Crippen LogP contribution in [-0.4, -0.2) is 28.5 Å². The number of sulfonamides is 1. The minimum atomic E-state index is -3.74. The molecule has 162 valence electrons. The number of carbonyl (C=O) groups excluding carboxylic acids is 1. The van der Waals surface area contributed by atoms with E-state index in [1.54, 1.807) is 55.6 Å². The number of rotatable bonds is 7. The molecule has 31 heavy (non-hydrogen) atoms. The predicted octanol–water partition coefficient (Wildman–Crippen LogP) is 4.32. The molecule has 0 unspecified atom stereocenters. The third kappa shape index (κ3) is 4.88. The van der Waals surface area contributed by atoms with E-state index in [9.17, 15) is 13.2 Å². The van der Waals surface area contributed by atoms with Gasteiger partial charge in [0.15, 0.2) is 0 Å². The smallest absolute Gasteiger partial charge is 0.264 e. The third-order valence-corrected chi connectivity index (χ3v) is 6.96. The lowest BCUT2D eigenvalue weighted by Crippen LogP contribution is -2.29. The zero-order valence-electron chi connectivity index (χ0n) is 18.0. The van der Waals surface area contributed by atoms with Gasteiger partial charge in [0.2, 0.25) is 0 Å². The summed E-state index contributed by atoms with van der Waals surface area (Å²) in [6.45, 7) is 3.70. The molecule has 0 radical (unpaired) electrons. The molecule has 3 aromatic rings. The molecule has 0 aliphatic rings. The number of methoxy groups -OCH3 is 1. The van der Waals surface area contributed by atoms with Crippen molar-refractivity contribution in [2.75, 3.05) is 18.5 Å². The molecule has 1 N–H and O–H groups in total. The number of aryl methyl sites for hydroxylation is 1. The van der Waals surface area contributed by atoms with Gasteiger partial charge >= 0.3 is 0 Å². The van der Waals surface area contributed by atoms with Crippen LogP contribution >= 0.6 is 0 Å². The van der Waals surface area contributed by atoms with Crippen LogP contribution in [0.3, 0.4) is 0 Å². The summed E-state index contributed by atoms with van der Waals surface area (Å²) in [5.41, 5.74) is 2.52. The van der Waals surface area contributed by atoms with Gasteiger partial charge in [-0.05, 0) is 61.4 Å². The van der Waals surface area contributed by atoms with Crippen LogP contribution in [0, 0.1) is 6.92 Å². The first-order chi connectivity index (χ1) is 14.7. The van der Waals surface area contributed by atoms with Gasteiger partial charge in [0.1, 0.15) is 5.75 Å². The quantitative estimate of drug-likeness (QED) is 0.596. The molecule has 0 heterocycles. The van der Waals surface area contributed by atoms with Crippen LogP contribution in [0.4, 0.5) is 5.69 Å². The van der Waals surface area contributed by atoms with Crippen molar-refractivity contribution in [1.29, 1.82) is 0 Å². The molecule has 0 fully saturated rings. The summed E-state index contributed by atoms with van der Waals surface area (Å²) in [4.78, 5) is 13.0. The largest absolute Gasteiger partial charge is 0.497 e. The number of carbonyl (C=O) groups is 1. The molecule has 1 amide bonds. The summed E-state index contributed by atoms with van der Waals surface area (Å²) < 4.78 is 32.4. The summed E-state index contributed by atoms with van der Waals surface area (Å²) in [5.74, 6) is 0.461. The number of nitrogens with one attached hydrogen (secondary N) is 1. The Morgan fingerprint density at radius 3 is 2.26 bits per heavy atom. The number of hydrogen-bond acceptors (Lipinski definition) is 4. The van der Waals surface area contributed by atoms with Crippen LogP contribution in [0.1, 0.15) is 34.5 Å². The van der Waals surface area contributed by atoms with Gasteiger partial charge in [-0.2, -0.15) is 0 Å². The van der Waals surface area contributed by atoms with Crippen molar-refractivity contribution in [3.05, 3.63) is 89.5 Å². The van der Waals surface area contributed by atoms with Gasteiger partial charge in [-0.3, -0.25) is 9.10 Å². The fourth-order valence-electron chi connectivity index (χ4n) is 3.23. The van der Waals surface area contributed by atoms with E-state index in [-0.39, 0.29) is 16.8 Å². The van der Waals surface area contributed by atoms with E-state index in [0.717, 1.165) is 16.9 Å². The average molecular weight is 439 g/mol. The first-order valence-corrected chi connectivity index (χ1v) is 11.3. The molecular formula is C24H26N2O4S. The summed E-state index contributed by atoms with van der Waals surface area (Å²) in [5, 5.41) is 2.96. The van der Waals surface area contributed by atoms with E-state index in [1.165, 1.54) is 11.4 Å². The molecule has 0 saturated carbocycles. The van der Waals surface area contributed by atoms with Crippen molar-refractivity contribution in [3.63, 3.8) is 0 Å². The Kier molecular flexibility index (Phi) is 6.65. The fraction of sp³-hybridized carbons (Fsp3) is 0.208. The van der Waals surface area contributed by atoms with Gasteiger partial charge in [-0.15, -0.1) is 0 Å². The standard InChI is InChI=1S/C24H26N2O4S/c1-17-10-11-20(24(27)25-18(2)19-12-14-21(30-4)15-13-19)16-23(17)26(3)31(28,29)22-8-6-5-7-9-22/h5-16,18H,1-4H3,(H,25,27)/t18-/m0/s1. The fourth-order valence-corrected chi connectivity index (χ4v) is 4.50. The highest BCUT2D eigenvalue weighted by molar-refractivity contribution is 7.92. The maximum absolute atomic E-state index is 13.0. The minimum absolute atomic E-state index is 0.194. The molecule has 0 bridgehead atoms. The van der Waals surface area contributed by atoms with Crippen LogP contribution < -0.4 is 14.4 Å². The first-order valence-electron chi connectivity index (χ1n) is 9.83. The number of ether oxygens (including phenoxy) is 1. The Morgan fingerprint density at radius 1 is 1.00 bits per heavy atom. The molecule has 0 aliphatic carbocycles. The van der Waals surface area contributed by atoms with Crippen molar-refractivity contribution >= 4 is 21.6 Å². The summed E-state index contributed by atoms with van der Waals surface area (Å²) >= 11 is 0. The summed E-state index contributed by atoms with van der Waals surface area (Å²) in [6, 6.07) is 20.5. The van der Waals surface area contributed by atoms with E-state index in [4.69, 9.17) is 4.74 Å². The minimum Gasteiger partial charge on any atom is -0.497 e. The molecule has 3 aromatic carbocycles. The molecule has 1 atom stereocenters. The van der Waals surface area contributed by atoms with Gasteiger partial charge in [0.25, 0.3) is 15.9 Å². The number of nitrogens with zero attached hydrogens (tertiary/aromatic N) is 1. The zero-order valence-corrected chi connectivity index (χ0v) is 18.8. The second-order valence-corrected chi connectivity index (χ2v) is 9.22. The lowest BCUT2D eigenvalue weighted by molar-refractivity contribution is 0.0940. The normalized spacial score (nSPS) is 12.1. The van der Waals surface area contributed by atoms with Crippen molar-refractivity contribution in [3.8, 4) is 5.75 Å². The SMILES string of the molecule is COc1ccc([C@H](C)NC(=O)c2ccc(C)c(N(C)S(=O)(=O)c3ccccc3)c2)cc1. The Labute approximate surface area is 183 Å². The summed E-state index contributed by atoms with van der Waals surface area (Å²) in [6.07, 6.45) is 0. The Bertz CT molecular complexity index is 1160. The second kappa shape index (κ2) is 9.22. The van der Waals surface area contributed by atoms with Crippen molar-refractivity contribution in [2.45, 2.75) is 24.8 Å². The first kappa shape index (κ1) is 22.4. The maximum Gasteiger partial charge on any atom is 0.264 e. The lowest BCUT2D eigenvalue weighted by atomic mass is 10.1. The number of anilines is 1. The molecule has 0 spiro atoms. The van der Waals surface area contributed by atoms with Crippen molar-refractivity contribution in [1.82, 2.24) is 5.32 Å². The molecular weight excluding hydrogens is 412 g/mol. The van der Waals surface area contributed by atoms with Crippen molar-refractivity contribution in [2.24, 2.45) is 0 Å². The van der Waals surface area contributed by atoms with E-state index >= 15 is 0 Å². The Balaban J connectivity index is 1.83. The topological polar surface area (TPSA) is 75.7 Å². The van der Waals surface area contributed by atoms with E-state index in [2.05, 4.69) is 5.32 Å². The molecule has 7 heteroatoms. The average Bonchev–Trinajstić information content (AvgIpc) is 2.79. The molecule has 6 nitrogen and oxygen atoms in total. The molecule has 0 aliphatic heterocycles. The van der Waals surface area contributed by atoms with Gasteiger partial charge < -0.3 is 10.1 Å². The number of hydrogen-bond donors (Lipinski definition) is 1. The zero-order chi connectivity index (χ0) is 22.6. The van der Waals surface area contributed by atoms with Crippen LogP contribution in [-0.2, 0) is 10.0 Å². The highest BCUT2D eigenvalue weighted by Gasteiger charge is 2.23. The van der Waals surface area contributed by atoms with Crippen LogP contribution in [0.5, 0.6) is 5.75 Å². The summed E-state index contributed by atoms with van der Waals surface area (Å²) in [7, 11) is -0.646. The highest BCUT2D eigenvalue weighted by atomic mass is 32.2. The molecule has 0 saturated heterocycles. The van der Waals surface area contributed by atoms with E-state index < -0.39 is 10.0 Å². The Hall–Kier alpha value is -3.32. The second-order valence-electron chi connectivity index (χ2n) is 7.26. The third-order valence-electron chi connectivity index (χ3n) is 5.18. The number of benzene rings is 3. The van der Waals surface area contributed by atoms with Crippen LogP contribution in [0.2, 0.25) is 0 Å². The van der Waals surface area contributed by atoms with Gasteiger partial charge in [0, 0.05) is 12.6 Å². The lowest BCUT2D eigenvalue weighted by Gasteiger charge is -2.22. The van der Waals surface area contributed by atoms with E-state index in [1.807, 2.05) is 38.1 Å².